The van der Waals surface area contributed by atoms with E-state index in [2.05, 4.69) is 130 Å². The first kappa shape index (κ1) is 24.7. The van der Waals surface area contributed by atoms with E-state index in [1.54, 1.807) is 0 Å². The van der Waals surface area contributed by atoms with Crippen molar-refractivity contribution in [3.8, 4) is 39.6 Å². The van der Waals surface area contributed by atoms with Crippen LogP contribution in [-0.4, -0.2) is 14.8 Å². The van der Waals surface area contributed by atoms with E-state index in [1.807, 2.05) is 6.07 Å². The number of hydrogen-bond donors (Lipinski definition) is 0. The van der Waals surface area contributed by atoms with Gasteiger partial charge in [0.15, 0.2) is 11.6 Å². The maximum atomic E-state index is 4.81. The van der Waals surface area contributed by atoms with Crippen LogP contribution in [0.3, 0.4) is 0 Å². The Labute approximate surface area is 220 Å². The molecule has 3 heteroatoms. The number of hydrogen-bond acceptors (Lipinski definition) is 2. The maximum Gasteiger partial charge on any atom is 0.168 e. The molecule has 186 valence electrons. The van der Waals surface area contributed by atoms with Crippen LogP contribution >= 0.6 is 0 Å². The number of aromatic nitrogens is 3. The molecule has 0 fully saturated rings. The minimum absolute atomic E-state index is 0.317. The van der Waals surface area contributed by atoms with Gasteiger partial charge in [-0.05, 0) is 64.3 Å². The van der Waals surface area contributed by atoms with Crippen molar-refractivity contribution in [2.75, 3.05) is 0 Å². The van der Waals surface area contributed by atoms with Crippen molar-refractivity contribution < 1.29 is 0 Å². The van der Waals surface area contributed by atoms with E-state index in [-0.39, 0.29) is 0 Å². The summed E-state index contributed by atoms with van der Waals surface area (Å²) in [5.74, 6) is 2.38. The third-order valence-electron chi connectivity index (χ3n) is 7.03. The van der Waals surface area contributed by atoms with Gasteiger partial charge in [0.1, 0.15) is 0 Å². The van der Waals surface area contributed by atoms with Gasteiger partial charge < -0.3 is 0 Å². The van der Waals surface area contributed by atoms with E-state index in [0.29, 0.717) is 11.8 Å². The summed E-state index contributed by atoms with van der Waals surface area (Å²) in [6, 6.07) is 34.5. The lowest BCUT2D eigenvalue weighted by molar-refractivity contribution is 0.808. The van der Waals surface area contributed by atoms with Crippen molar-refractivity contribution in [3.05, 3.63) is 114 Å². The van der Waals surface area contributed by atoms with Crippen molar-refractivity contribution in [2.45, 2.75) is 52.9 Å². The topological polar surface area (TPSA) is 30.7 Å². The molecule has 0 bridgehead atoms. The Balaban J connectivity index is 1.86. The Hall–Kier alpha value is -3.98. The molecule has 37 heavy (non-hydrogen) atoms. The quantitative estimate of drug-likeness (QED) is 0.230. The first-order valence-corrected chi connectivity index (χ1v) is 13.3. The summed E-state index contributed by atoms with van der Waals surface area (Å²) in [6.07, 6.45) is 0.980. The predicted molar refractivity (Wildman–Crippen MR) is 155 cm³/mol. The predicted octanol–water partition coefficient (Wildman–Crippen LogP) is 9.08. The van der Waals surface area contributed by atoms with Crippen LogP contribution in [0.5, 0.6) is 0 Å². The van der Waals surface area contributed by atoms with E-state index in [4.69, 9.17) is 10.2 Å². The van der Waals surface area contributed by atoms with E-state index in [1.165, 1.54) is 33.5 Å². The van der Waals surface area contributed by atoms with Gasteiger partial charge in [0.2, 0.25) is 0 Å². The van der Waals surface area contributed by atoms with Crippen LogP contribution in [0.15, 0.2) is 97.1 Å². The second-order valence-corrected chi connectivity index (χ2v) is 10.3. The number of nitrogens with zero attached hydrogens (tertiary/aromatic N) is 3. The number of rotatable bonds is 7. The summed E-state index contributed by atoms with van der Waals surface area (Å²) in [7, 11) is 0. The fourth-order valence-corrected chi connectivity index (χ4v) is 5.00. The van der Waals surface area contributed by atoms with Crippen LogP contribution in [0.25, 0.3) is 39.6 Å². The lowest BCUT2D eigenvalue weighted by Crippen LogP contribution is -2.10. The van der Waals surface area contributed by atoms with Crippen molar-refractivity contribution in [1.29, 1.82) is 0 Å². The second-order valence-electron chi connectivity index (χ2n) is 10.3. The van der Waals surface area contributed by atoms with Crippen LogP contribution in [0.4, 0.5) is 0 Å². The first-order valence-electron chi connectivity index (χ1n) is 13.3. The summed E-state index contributed by atoms with van der Waals surface area (Å²) in [5.41, 5.74) is 9.73. The van der Waals surface area contributed by atoms with Crippen molar-refractivity contribution in [3.63, 3.8) is 0 Å². The van der Waals surface area contributed by atoms with Gasteiger partial charge in [-0.15, -0.1) is 10.2 Å². The standard InChI is InChI=1S/C34H35N3/c1-6-25-14-13-19-28(20-25)34-36-35-33(27-17-11-8-12-18-27)37(34)32-30(23(2)3)21-29(22-31(32)24(4)5)26-15-9-7-10-16-26/h7-24H,6H2,1-5H3. The molecule has 0 aliphatic heterocycles. The zero-order chi connectivity index (χ0) is 25.9. The first-order chi connectivity index (χ1) is 18.0. The smallest absolute Gasteiger partial charge is 0.168 e. The molecular weight excluding hydrogens is 450 g/mol. The average Bonchev–Trinajstić information content (AvgIpc) is 3.38. The summed E-state index contributed by atoms with van der Waals surface area (Å²) in [4.78, 5) is 0. The summed E-state index contributed by atoms with van der Waals surface area (Å²) >= 11 is 0. The van der Waals surface area contributed by atoms with Crippen molar-refractivity contribution in [2.24, 2.45) is 0 Å². The van der Waals surface area contributed by atoms with E-state index < -0.39 is 0 Å². The minimum atomic E-state index is 0.317. The van der Waals surface area contributed by atoms with Crippen LogP contribution in [0.1, 0.15) is 63.1 Å². The molecule has 0 unspecified atom stereocenters. The Morgan fingerprint density at radius 2 is 1.08 bits per heavy atom. The molecule has 4 aromatic carbocycles. The molecule has 0 radical (unpaired) electrons. The second kappa shape index (κ2) is 10.6. The largest absolute Gasteiger partial charge is 0.274 e. The Morgan fingerprint density at radius 3 is 1.62 bits per heavy atom. The fraction of sp³-hybridized carbons (Fsp3) is 0.235. The molecule has 0 saturated heterocycles. The van der Waals surface area contributed by atoms with Gasteiger partial charge in [-0.1, -0.05) is 113 Å². The molecule has 0 aliphatic carbocycles. The summed E-state index contributed by atoms with van der Waals surface area (Å²) in [5, 5.41) is 9.60. The molecule has 1 aromatic heterocycles. The zero-order valence-electron chi connectivity index (χ0n) is 22.4. The molecule has 0 N–H and O–H groups in total. The molecule has 0 aliphatic rings. The normalized spacial score (nSPS) is 11.4. The highest BCUT2D eigenvalue weighted by Gasteiger charge is 2.25. The molecule has 0 saturated carbocycles. The number of benzene rings is 4. The van der Waals surface area contributed by atoms with E-state index in [9.17, 15) is 0 Å². The van der Waals surface area contributed by atoms with Crippen LogP contribution in [-0.2, 0) is 6.42 Å². The van der Waals surface area contributed by atoms with Crippen LogP contribution in [0, 0.1) is 0 Å². The van der Waals surface area contributed by atoms with Crippen LogP contribution in [0.2, 0.25) is 0 Å². The fourth-order valence-electron chi connectivity index (χ4n) is 5.00. The molecule has 5 rings (SSSR count). The SMILES string of the molecule is CCc1cccc(-c2nnc(-c3ccccc3)n2-c2c(C(C)C)cc(-c3ccccc3)cc2C(C)C)c1. The van der Waals surface area contributed by atoms with E-state index in [0.717, 1.165) is 29.2 Å². The lowest BCUT2D eigenvalue weighted by Gasteiger charge is -2.24. The minimum Gasteiger partial charge on any atom is -0.274 e. The monoisotopic (exact) mass is 485 g/mol. The molecule has 3 nitrogen and oxygen atoms in total. The lowest BCUT2D eigenvalue weighted by atomic mass is 9.88. The van der Waals surface area contributed by atoms with Crippen LogP contribution < -0.4 is 0 Å². The van der Waals surface area contributed by atoms with Crippen molar-refractivity contribution in [1.82, 2.24) is 14.8 Å². The molecule has 5 aromatic rings. The number of aryl methyl sites for hydroxylation is 1. The van der Waals surface area contributed by atoms with Gasteiger partial charge in [-0.3, -0.25) is 4.57 Å². The molecule has 0 atom stereocenters. The summed E-state index contributed by atoms with van der Waals surface area (Å²) in [6.45, 7) is 11.3. The van der Waals surface area contributed by atoms with Crippen molar-refractivity contribution >= 4 is 0 Å². The highest BCUT2D eigenvalue weighted by Crippen LogP contribution is 2.40. The Morgan fingerprint density at radius 1 is 0.568 bits per heavy atom. The van der Waals surface area contributed by atoms with Gasteiger partial charge >= 0.3 is 0 Å². The zero-order valence-corrected chi connectivity index (χ0v) is 22.4. The van der Waals surface area contributed by atoms with Gasteiger partial charge in [0.05, 0.1) is 5.69 Å². The molecular formula is C34H35N3. The Kier molecular flexibility index (Phi) is 7.05. The molecule has 0 spiro atoms. The molecule has 0 amide bonds. The Bertz CT molecular complexity index is 1470. The average molecular weight is 486 g/mol. The van der Waals surface area contributed by atoms with E-state index >= 15 is 0 Å². The van der Waals surface area contributed by atoms with Gasteiger partial charge in [0, 0.05) is 11.1 Å². The molecule has 1 heterocycles. The highest BCUT2D eigenvalue weighted by molar-refractivity contribution is 5.74. The summed E-state index contributed by atoms with van der Waals surface area (Å²) < 4.78 is 2.31. The van der Waals surface area contributed by atoms with Gasteiger partial charge in [0.25, 0.3) is 0 Å². The maximum absolute atomic E-state index is 4.81. The van der Waals surface area contributed by atoms with Gasteiger partial charge in [-0.2, -0.15) is 0 Å². The third kappa shape index (κ3) is 4.86. The third-order valence-corrected chi connectivity index (χ3v) is 7.03. The highest BCUT2D eigenvalue weighted by atomic mass is 15.3. The van der Waals surface area contributed by atoms with Gasteiger partial charge in [-0.25, -0.2) is 0 Å².